The molecule has 0 saturated heterocycles. The van der Waals surface area contributed by atoms with E-state index in [-0.39, 0.29) is 91.2 Å². The first-order valence-corrected chi connectivity index (χ1v) is 26.5. The van der Waals surface area contributed by atoms with Crippen molar-refractivity contribution in [2.24, 2.45) is 16.5 Å². The van der Waals surface area contributed by atoms with E-state index >= 15 is 0 Å². The molecule has 0 radical (unpaired) electrons. The summed E-state index contributed by atoms with van der Waals surface area (Å²) in [7, 11) is 4.48. The van der Waals surface area contributed by atoms with Crippen LogP contribution in [0.5, 0.6) is 0 Å². The van der Waals surface area contributed by atoms with E-state index in [1.54, 1.807) is 7.05 Å². The van der Waals surface area contributed by atoms with Crippen LogP contribution >= 0.6 is 0 Å². The molecular formula is C50H82N12O21. The van der Waals surface area contributed by atoms with Crippen LogP contribution in [-0.4, -0.2) is 304 Å². The second-order valence-corrected chi connectivity index (χ2v) is 19.1. The first kappa shape index (κ1) is 70.1. The zero-order valence-electron chi connectivity index (χ0n) is 47.1. The molecule has 1 aliphatic carbocycles. The molecule has 10 atom stereocenters. The number of ether oxygens (including phenoxy) is 9. The summed E-state index contributed by atoms with van der Waals surface area (Å²) in [5.74, 6) is -4.02. The number of nitrogens with one attached hydrogen (secondary N) is 5. The maximum Gasteiger partial charge on any atom is 0.410 e. The monoisotopic (exact) mass is 1190 g/mol. The molecule has 15 N–H and O–H groups in total. The fourth-order valence-corrected chi connectivity index (χ4v) is 8.01. The number of aliphatic hydroxyl groups excluding tert-OH is 4. The van der Waals surface area contributed by atoms with Gasteiger partial charge in [-0.25, -0.2) is 19.2 Å². The van der Waals surface area contributed by atoms with Crippen molar-refractivity contribution in [2.75, 3.05) is 140 Å². The van der Waals surface area contributed by atoms with Crippen molar-refractivity contribution in [3.05, 3.63) is 23.7 Å². The number of hydrogen-bond acceptors (Lipinski definition) is 23. The lowest BCUT2D eigenvalue weighted by atomic mass is 9.91. The Bertz CT molecular complexity index is 2270. The van der Waals surface area contributed by atoms with E-state index in [2.05, 4.69) is 26.9 Å². The summed E-state index contributed by atoms with van der Waals surface area (Å²) in [6, 6.07) is -4.53. The van der Waals surface area contributed by atoms with Crippen LogP contribution < -0.4 is 27.4 Å². The number of carbonyl (C=O) groups excluding carboxylic acids is 4. The number of hydrogen-bond donors (Lipinski definition) is 13. The normalized spacial score (nSPS) is 20.5. The third kappa shape index (κ3) is 25.5. The zero-order chi connectivity index (χ0) is 61.6. The Hall–Kier alpha value is -7.13. The maximum atomic E-state index is 13.7. The van der Waals surface area contributed by atoms with Gasteiger partial charge in [-0.1, -0.05) is 5.92 Å². The smallest absolute Gasteiger partial charge is 0.410 e. The zero-order valence-corrected chi connectivity index (χ0v) is 47.1. The van der Waals surface area contributed by atoms with E-state index < -0.39 is 127 Å². The molecule has 1 saturated carbocycles. The minimum absolute atomic E-state index is 0.0222. The van der Waals surface area contributed by atoms with Gasteiger partial charge in [0.15, 0.2) is 36.3 Å². The van der Waals surface area contributed by atoms with Crippen LogP contribution in [0.4, 0.5) is 9.59 Å². The van der Waals surface area contributed by atoms with Crippen LogP contribution in [0, 0.1) is 23.2 Å². The number of carbonyl (C=O) groups is 6. The second kappa shape index (κ2) is 37.1. The van der Waals surface area contributed by atoms with Crippen molar-refractivity contribution >= 4 is 53.6 Å². The van der Waals surface area contributed by atoms with E-state index in [0.29, 0.717) is 39.3 Å². The second-order valence-electron chi connectivity index (χ2n) is 19.1. The lowest BCUT2D eigenvalue weighted by molar-refractivity contribution is -0.147. The third-order valence-electron chi connectivity index (χ3n) is 12.5. The minimum atomic E-state index is -1.86. The molecule has 0 aromatic heterocycles. The van der Waals surface area contributed by atoms with Gasteiger partial charge in [0.2, 0.25) is 23.3 Å². The van der Waals surface area contributed by atoms with Gasteiger partial charge in [0, 0.05) is 66.0 Å². The molecule has 4 amide bonds. The molecule has 33 heteroatoms. The summed E-state index contributed by atoms with van der Waals surface area (Å²) in [6.45, 7) is 1.79. The van der Waals surface area contributed by atoms with Gasteiger partial charge in [-0.3, -0.25) is 25.4 Å². The molecule has 33 nitrogen and oxygen atoms in total. The topological polar surface area (TPSA) is 468 Å². The number of aliphatic hydroxyl groups is 4. The number of terminal acetylenes is 1. The minimum Gasteiger partial charge on any atom is -0.477 e. The van der Waals surface area contributed by atoms with E-state index in [1.165, 1.54) is 30.0 Å². The number of likely N-dealkylation sites (N-methyl/N-ethyl adjacent to an activating group) is 3. The highest BCUT2D eigenvalue weighted by molar-refractivity contribution is 5.98. The largest absolute Gasteiger partial charge is 0.477 e. The number of nitrogens with two attached hydrogens (primary N) is 2. The number of guanidine groups is 2. The maximum absolute atomic E-state index is 13.7. The van der Waals surface area contributed by atoms with Gasteiger partial charge in [-0.05, 0) is 32.0 Å². The van der Waals surface area contributed by atoms with Crippen LogP contribution in [0.1, 0.15) is 26.2 Å². The molecule has 3 rings (SSSR count). The molecule has 3 aliphatic rings. The van der Waals surface area contributed by atoms with Gasteiger partial charge in [-0.2, -0.15) is 0 Å². The SMILES string of the molecule is C#CCOCCOCCOCCOCCC(=O)N(CCOCCN(C)C(=O)O[C@@H]([C@@H]1OC(C(=O)O)=C[C@H](NC(=N)N)[C@H]1NC(C)=O)[C@H](O)CO)CCN(C)CCN(C)C(=O)O[C@@H]([C@@H]1OC(C(=O)O)=C[C@H](NC(=N)N)[C@H]1N=C1CC1)[C@H](O)CO. The summed E-state index contributed by atoms with van der Waals surface area (Å²) in [6.07, 6.45) is -3.55. The highest BCUT2D eigenvalue weighted by Gasteiger charge is 2.48. The van der Waals surface area contributed by atoms with Crippen LogP contribution in [0.2, 0.25) is 0 Å². The summed E-state index contributed by atoms with van der Waals surface area (Å²) >= 11 is 0. The highest BCUT2D eigenvalue weighted by atomic mass is 16.6. The van der Waals surface area contributed by atoms with Crippen molar-refractivity contribution in [2.45, 2.75) is 87.0 Å². The number of nitrogens with zero attached hydrogens (tertiary/aromatic N) is 5. The number of amides is 4. The number of rotatable bonds is 39. The molecule has 2 aliphatic heterocycles. The Balaban J connectivity index is 1.64. The Morgan fingerprint density at radius 1 is 0.687 bits per heavy atom. The van der Waals surface area contributed by atoms with Gasteiger partial charge < -0.3 is 120 Å². The number of aliphatic imine (C=N–C) groups is 1. The van der Waals surface area contributed by atoms with Crippen molar-refractivity contribution in [1.82, 2.24) is 35.6 Å². The fraction of sp³-hybridized carbons (Fsp3) is 0.700. The molecule has 468 valence electrons. The van der Waals surface area contributed by atoms with Crippen molar-refractivity contribution in [3.63, 3.8) is 0 Å². The molecule has 1 fully saturated rings. The molecule has 0 bridgehead atoms. The van der Waals surface area contributed by atoms with Gasteiger partial charge in [-0.15, -0.1) is 6.42 Å². The summed E-state index contributed by atoms with van der Waals surface area (Å²) < 4.78 is 50.1. The van der Waals surface area contributed by atoms with Crippen LogP contribution in [-0.2, 0) is 61.8 Å². The average molecular weight is 1190 g/mol. The third-order valence-corrected chi connectivity index (χ3v) is 12.5. The predicted molar refractivity (Wildman–Crippen MR) is 291 cm³/mol. The first-order valence-electron chi connectivity index (χ1n) is 26.5. The van der Waals surface area contributed by atoms with E-state index in [1.807, 2.05) is 4.90 Å². The van der Waals surface area contributed by atoms with Crippen molar-refractivity contribution < 1.29 is 102 Å². The Labute approximate surface area is 480 Å². The van der Waals surface area contributed by atoms with Crippen molar-refractivity contribution in [1.29, 1.82) is 10.8 Å². The number of aliphatic carboxylic acids is 2. The van der Waals surface area contributed by atoms with Crippen LogP contribution in [0.3, 0.4) is 0 Å². The molecule has 0 aromatic rings. The quantitative estimate of drug-likeness (QED) is 0.0119. The van der Waals surface area contributed by atoms with Gasteiger partial charge in [0.05, 0.1) is 97.2 Å². The van der Waals surface area contributed by atoms with E-state index in [4.69, 9.17) is 71.3 Å². The number of carboxylic acid groups (broad SMARTS) is 2. The van der Waals surface area contributed by atoms with E-state index in [9.17, 15) is 59.4 Å². The molecule has 0 aromatic carbocycles. The van der Waals surface area contributed by atoms with Crippen LogP contribution in [0.15, 0.2) is 28.7 Å². The summed E-state index contributed by atoms with van der Waals surface area (Å²) in [5.41, 5.74) is 11.8. The molecule has 0 spiro atoms. The Morgan fingerprint density at radius 3 is 1.67 bits per heavy atom. The highest BCUT2D eigenvalue weighted by Crippen LogP contribution is 2.30. The van der Waals surface area contributed by atoms with Gasteiger partial charge >= 0.3 is 24.1 Å². The molecule has 2 heterocycles. The Morgan fingerprint density at radius 2 is 1.16 bits per heavy atom. The molecular weight excluding hydrogens is 1100 g/mol. The summed E-state index contributed by atoms with van der Waals surface area (Å²) in [4.78, 5) is 87.2. The van der Waals surface area contributed by atoms with Crippen LogP contribution in [0.25, 0.3) is 0 Å². The molecule has 0 unspecified atom stereocenters. The standard InChI is InChI=1S/C50H82N12O21/c1-6-16-75-20-22-78-24-25-79-23-21-76-17-9-38(68)62(15-19-77-18-14-61(5)50(74)83-41(34(66)28-63)43-39(55-30(2)65)32(57-47(51)52)26-36(80-43)45(69)70)13-11-59(3)10-12-60(4)49(73)82-42(35(67)29-64)44-40(56-31-7-8-31)33(58-48(53)54)27-37(81-44)46(71)72/h1,26-27,32-35,39-44,63-64,66-67H,7-25,28-29H2,2-5H3,(H,55,65)(H,69,70)(H,71,72)(H4,51,52,57)(H4,53,54,58)/t32-,33-,34+,35+,39+,40+,41+,42+,43+,44+/m0/s1. The van der Waals surface area contributed by atoms with E-state index in [0.717, 1.165) is 23.6 Å². The predicted octanol–water partition coefficient (Wildman–Crippen LogP) is -5.02. The average Bonchev–Trinajstić information content (AvgIpc) is 4.00. The lowest BCUT2D eigenvalue weighted by Crippen LogP contribution is -2.65. The first-order chi connectivity index (χ1) is 39.5. The van der Waals surface area contributed by atoms with Gasteiger partial charge in [0.25, 0.3) is 0 Å². The summed E-state index contributed by atoms with van der Waals surface area (Å²) in [5, 5.41) is 84.4. The van der Waals surface area contributed by atoms with Crippen molar-refractivity contribution in [3.8, 4) is 12.3 Å². The number of carboxylic acids is 2. The molecule has 83 heavy (non-hydrogen) atoms. The lowest BCUT2D eigenvalue weighted by Gasteiger charge is -2.41. The Kier molecular flexibility index (Phi) is 31.4. The fourth-order valence-electron chi connectivity index (χ4n) is 8.01. The van der Waals surface area contributed by atoms with Gasteiger partial charge in [0.1, 0.15) is 24.9 Å².